The second-order valence-corrected chi connectivity index (χ2v) is 5.39. The lowest BCUT2D eigenvalue weighted by Crippen LogP contribution is -1.95. The first-order valence-electron chi connectivity index (χ1n) is 5.44. The molecule has 1 heterocycles. The topological polar surface area (TPSA) is 30.7 Å². The average Bonchev–Trinajstić information content (AvgIpc) is 2.76. The number of halogens is 2. The van der Waals surface area contributed by atoms with E-state index in [0.29, 0.717) is 0 Å². The molecule has 5 heteroatoms. The van der Waals surface area contributed by atoms with E-state index in [1.54, 1.807) is 4.68 Å². The summed E-state index contributed by atoms with van der Waals surface area (Å²) in [6.07, 6.45) is 2.72. The third-order valence-corrected chi connectivity index (χ3v) is 3.47. The second-order valence-electron chi connectivity index (χ2n) is 3.95. The summed E-state index contributed by atoms with van der Waals surface area (Å²) in [7, 11) is 0. The lowest BCUT2D eigenvalue weighted by Gasteiger charge is -2.03. The summed E-state index contributed by atoms with van der Waals surface area (Å²) in [5.74, 6) is 0. The Hall–Kier alpha value is -0.870. The quantitative estimate of drug-likeness (QED) is 0.801. The van der Waals surface area contributed by atoms with Crippen LogP contribution in [-0.4, -0.2) is 15.0 Å². The van der Waals surface area contributed by atoms with Gasteiger partial charge < -0.3 is 0 Å². The van der Waals surface area contributed by atoms with Gasteiger partial charge >= 0.3 is 0 Å². The van der Waals surface area contributed by atoms with Crippen molar-refractivity contribution in [3.8, 4) is 5.69 Å². The maximum Gasteiger partial charge on any atom is 0.101 e. The maximum atomic E-state index is 6.13. The van der Waals surface area contributed by atoms with Gasteiger partial charge in [-0.2, -0.15) is 0 Å². The van der Waals surface area contributed by atoms with Crippen LogP contribution in [0.3, 0.4) is 0 Å². The molecule has 0 spiro atoms. The fourth-order valence-corrected chi connectivity index (χ4v) is 2.30. The number of benzene rings is 1. The number of rotatable bonds is 3. The Kier molecular flexibility index (Phi) is 3.84. The van der Waals surface area contributed by atoms with Crippen molar-refractivity contribution in [2.75, 3.05) is 0 Å². The fraction of sp³-hybridized carbons (Fsp3) is 0.333. The minimum atomic E-state index is -0.0722. The number of aromatic nitrogens is 3. The van der Waals surface area contributed by atoms with E-state index in [2.05, 4.69) is 38.4 Å². The summed E-state index contributed by atoms with van der Waals surface area (Å²) < 4.78 is 2.78. The maximum absolute atomic E-state index is 6.13. The van der Waals surface area contributed by atoms with Gasteiger partial charge in [-0.05, 0) is 37.1 Å². The van der Waals surface area contributed by atoms with Crippen molar-refractivity contribution in [3.05, 3.63) is 40.1 Å². The number of hydrogen-bond acceptors (Lipinski definition) is 2. The SMILES string of the molecule is CCC(Cl)c1cn(-c2cc(C)cc(Br)c2)nn1. The molecule has 0 aliphatic rings. The van der Waals surface area contributed by atoms with Gasteiger partial charge in [0.05, 0.1) is 17.3 Å². The molecular formula is C12H13BrClN3. The molecule has 0 aliphatic heterocycles. The molecule has 0 N–H and O–H groups in total. The van der Waals surface area contributed by atoms with E-state index in [0.717, 1.165) is 22.3 Å². The molecule has 0 fully saturated rings. The zero-order valence-electron chi connectivity index (χ0n) is 9.69. The Balaban J connectivity index is 2.36. The van der Waals surface area contributed by atoms with E-state index < -0.39 is 0 Å². The summed E-state index contributed by atoms with van der Waals surface area (Å²) in [5.41, 5.74) is 2.96. The van der Waals surface area contributed by atoms with E-state index in [4.69, 9.17) is 11.6 Å². The summed E-state index contributed by atoms with van der Waals surface area (Å²) in [6.45, 7) is 4.07. The second kappa shape index (κ2) is 5.19. The molecule has 1 atom stereocenters. The van der Waals surface area contributed by atoms with Crippen LogP contribution in [0, 0.1) is 6.92 Å². The van der Waals surface area contributed by atoms with E-state index in [9.17, 15) is 0 Å². The first-order valence-corrected chi connectivity index (χ1v) is 6.67. The highest BCUT2D eigenvalue weighted by atomic mass is 79.9. The highest BCUT2D eigenvalue weighted by Crippen LogP contribution is 2.23. The van der Waals surface area contributed by atoms with Gasteiger partial charge in [0.15, 0.2) is 0 Å². The molecule has 1 aromatic carbocycles. The molecule has 1 unspecified atom stereocenters. The Morgan fingerprint density at radius 3 is 2.82 bits per heavy atom. The number of aryl methyl sites for hydroxylation is 1. The molecule has 0 radical (unpaired) electrons. The van der Waals surface area contributed by atoms with Gasteiger partial charge in [-0.25, -0.2) is 4.68 Å². The lowest BCUT2D eigenvalue weighted by atomic mass is 10.2. The standard InChI is InChI=1S/C12H13BrClN3/c1-3-11(14)12-7-17(16-15-12)10-5-8(2)4-9(13)6-10/h4-7,11H,3H2,1-2H3. The summed E-state index contributed by atoms with van der Waals surface area (Å²) in [5, 5.41) is 8.12. The molecule has 17 heavy (non-hydrogen) atoms. The van der Waals surface area contributed by atoms with Crippen LogP contribution in [0.5, 0.6) is 0 Å². The van der Waals surface area contributed by atoms with Crippen LogP contribution in [0.4, 0.5) is 0 Å². The van der Waals surface area contributed by atoms with Crippen molar-refractivity contribution >= 4 is 27.5 Å². The van der Waals surface area contributed by atoms with Crippen LogP contribution < -0.4 is 0 Å². The molecule has 0 saturated carbocycles. The van der Waals surface area contributed by atoms with Crippen LogP contribution in [0.15, 0.2) is 28.9 Å². The molecule has 90 valence electrons. The Bertz CT molecular complexity index is 504. The Morgan fingerprint density at radius 1 is 1.41 bits per heavy atom. The molecule has 2 aromatic rings. The molecule has 0 amide bonds. The smallest absolute Gasteiger partial charge is 0.101 e. The molecule has 2 rings (SSSR count). The lowest BCUT2D eigenvalue weighted by molar-refractivity contribution is 0.785. The number of nitrogens with zero attached hydrogens (tertiary/aromatic N) is 3. The van der Waals surface area contributed by atoms with Gasteiger partial charge in [0, 0.05) is 4.47 Å². The first-order chi connectivity index (χ1) is 8.10. The van der Waals surface area contributed by atoms with Gasteiger partial charge in [-0.1, -0.05) is 28.1 Å². The molecule has 3 nitrogen and oxygen atoms in total. The van der Waals surface area contributed by atoms with Crippen LogP contribution in [0.1, 0.15) is 30.0 Å². The van der Waals surface area contributed by atoms with Crippen molar-refractivity contribution in [2.24, 2.45) is 0 Å². The third-order valence-electron chi connectivity index (χ3n) is 2.48. The van der Waals surface area contributed by atoms with Crippen LogP contribution in [0.2, 0.25) is 0 Å². The van der Waals surface area contributed by atoms with Gasteiger partial charge in [0.25, 0.3) is 0 Å². The molecule has 0 aliphatic carbocycles. The molecule has 0 saturated heterocycles. The fourth-order valence-electron chi connectivity index (χ4n) is 1.60. The number of alkyl halides is 1. The average molecular weight is 315 g/mol. The van der Waals surface area contributed by atoms with Crippen molar-refractivity contribution in [3.63, 3.8) is 0 Å². The molecule has 1 aromatic heterocycles. The van der Waals surface area contributed by atoms with Crippen LogP contribution in [-0.2, 0) is 0 Å². The predicted molar refractivity (Wildman–Crippen MR) is 72.7 cm³/mol. The largest absolute Gasteiger partial charge is 0.220 e. The van der Waals surface area contributed by atoms with Crippen molar-refractivity contribution < 1.29 is 0 Å². The van der Waals surface area contributed by atoms with Crippen LogP contribution in [0.25, 0.3) is 5.69 Å². The zero-order valence-corrected chi connectivity index (χ0v) is 12.0. The Morgan fingerprint density at radius 2 is 2.18 bits per heavy atom. The molecule has 0 bridgehead atoms. The van der Waals surface area contributed by atoms with Crippen LogP contribution >= 0.6 is 27.5 Å². The van der Waals surface area contributed by atoms with Gasteiger partial charge in [-0.15, -0.1) is 16.7 Å². The highest BCUT2D eigenvalue weighted by Gasteiger charge is 2.11. The van der Waals surface area contributed by atoms with Crippen molar-refractivity contribution in [1.29, 1.82) is 0 Å². The van der Waals surface area contributed by atoms with Gasteiger partial charge in [0.1, 0.15) is 5.69 Å². The van der Waals surface area contributed by atoms with E-state index >= 15 is 0 Å². The first kappa shape index (κ1) is 12.6. The van der Waals surface area contributed by atoms with Gasteiger partial charge in [-0.3, -0.25) is 0 Å². The van der Waals surface area contributed by atoms with Gasteiger partial charge in [0.2, 0.25) is 0 Å². The Labute approximate surface area is 114 Å². The number of hydrogen-bond donors (Lipinski definition) is 0. The van der Waals surface area contributed by atoms with E-state index in [-0.39, 0.29) is 5.38 Å². The zero-order chi connectivity index (χ0) is 12.4. The minimum absolute atomic E-state index is 0.0722. The normalized spacial score (nSPS) is 12.7. The summed E-state index contributed by atoms with van der Waals surface area (Å²) >= 11 is 9.60. The monoisotopic (exact) mass is 313 g/mol. The summed E-state index contributed by atoms with van der Waals surface area (Å²) in [4.78, 5) is 0. The minimum Gasteiger partial charge on any atom is -0.220 e. The third kappa shape index (κ3) is 2.87. The van der Waals surface area contributed by atoms with E-state index in [1.165, 1.54) is 5.56 Å². The summed E-state index contributed by atoms with van der Waals surface area (Å²) in [6, 6.07) is 6.11. The molecular weight excluding hydrogens is 302 g/mol. The highest BCUT2D eigenvalue weighted by molar-refractivity contribution is 9.10. The predicted octanol–water partition coefficient (Wildman–Crippen LogP) is 4.03. The van der Waals surface area contributed by atoms with E-state index in [1.807, 2.05) is 26.1 Å². The van der Waals surface area contributed by atoms with Crippen molar-refractivity contribution in [1.82, 2.24) is 15.0 Å². The van der Waals surface area contributed by atoms with Crippen molar-refractivity contribution in [2.45, 2.75) is 25.6 Å².